The summed E-state index contributed by atoms with van der Waals surface area (Å²) in [4.78, 5) is 27.4. The lowest BCUT2D eigenvalue weighted by molar-refractivity contribution is -0.385. The number of fused-ring (bicyclic) bond motifs is 1. The molecule has 31 heavy (non-hydrogen) atoms. The summed E-state index contributed by atoms with van der Waals surface area (Å²) in [6.07, 6.45) is 1.31. The SMILES string of the molecule is N#Cc1cnn(-c2ccc3ccccc3n2)c1NC(=O)COc1ccccc1[N+](=O)[O-]. The van der Waals surface area contributed by atoms with E-state index in [0.29, 0.717) is 5.82 Å². The second-order valence-corrected chi connectivity index (χ2v) is 6.35. The van der Waals surface area contributed by atoms with E-state index >= 15 is 0 Å². The van der Waals surface area contributed by atoms with E-state index in [9.17, 15) is 20.2 Å². The number of nitro benzene ring substituents is 1. The van der Waals surface area contributed by atoms with Gasteiger partial charge in [-0.25, -0.2) is 4.98 Å². The second kappa shape index (κ2) is 8.30. The zero-order valence-corrected chi connectivity index (χ0v) is 15.9. The molecule has 0 radical (unpaired) electrons. The van der Waals surface area contributed by atoms with Gasteiger partial charge in [0.15, 0.2) is 24.0 Å². The lowest BCUT2D eigenvalue weighted by Crippen LogP contribution is -2.22. The average molecular weight is 414 g/mol. The van der Waals surface area contributed by atoms with Crippen LogP contribution in [0.3, 0.4) is 0 Å². The van der Waals surface area contributed by atoms with Gasteiger partial charge < -0.3 is 10.1 Å². The molecule has 0 saturated carbocycles. The van der Waals surface area contributed by atoms with Gasteiger partial charge in [0.1, 0.15) is 11.6 Å². The molecule has 0 aliphatic rings. The smallest absolute Gasteiger partial charge is 0.310 e. The number of nitro groups is 1. The highest BCUT2D eigenvalue weighted by Crippen LogP contribution is 2.26. The van der Waals surface area contributed by atoms with Crippen molar-refractivity contribution in [2.24, 2.45) is 0 Å². The fraction of sp³-hybridized carbons (Fsp3) is 0.0476. The molecule has 2 aromatic carbocycles. The van der Waals surface area contributed by atoms with Crippen LogP contribution < -0.4 is 10.1 Å². The monoisotopic (exact) mass is 414 g/mol. The van der Waals surface area contributed by atoms with E-state index in [0.717, 1.165) is 10.9 Å². The quantitative estimate of drug-likeness (QED) is 0.378. The number of nitrogens with one attached hydrogen (secondary N) is 1. The highest BCUT2D eigenvalue weighted by molar-refractivity contribution is 5.92. The summed E-state index contributed by atoms with van der Waals surface area (Å²) in [5.41, 5.74) is 0.610. The molecule has 2 heterocycles. The zero-order chi connectivity index (χ0) is 21.8. The van der Waals surface area contributed by atoms with Crippen LogP contribution >= 0.6 is 0 Å². The Bertz CT molecular complexity index is 1340. The molecule has 0 aliphatic carbocycles. The summed E-state index contributed by atoms with van der Waals surface area (Å²) < 4.78 is 6.64. The van der Waals surface area contributed by atoms with Crippen LogP contribution in [-0.4, -0.2) is 32.2 Å². The third-order valence-corrected chi connectivity index (χ3v) is 4.37. The van der Waals surface area contributed by atoms with Gasteiger partial charge in [-0.2, -0.15) is 15.0 Å². The summed E-state index contributed by atoms with van der Waals surface area (Å²) >= 11 is 0. The number of benzene rings is 2. The molecule has 0 fully saturated rings. The number of hydrogen-bond donors (Lipinski definition) is 1. The normalized spacial score (nSPS) is 10.4. The van der Waals surface area contributed by atoms with Crippen molar-refractivity contribution in [2.45, 2.75) is 0 Å². The summed E-state index contributed by atoms with van der Waals surface area (Å²) in [6.45, 7) is -0.494. The largest absolute Gasteiger partial charge is 0.477 e. The number of ether oxygens (including phenoxy) is 1. The first kappa shape index (κ1) is 19.5. The van der Waals surface area contributed by atoms with E-state index in [-0.39, 0.29) is 22.8 Å². The van der Waals surface area contributed by atoms with E-state index in [2.05, 4.69) is 15.4 Å². The molecule has 0 unspecified atom stereocenters. The van der Waals surface area contributed by atoms with Crippen LogP contribution in [-0.2, 0) is 4.79 Å². The highest BCUT2D eigenvalue weighted by Gasteiger charge is 2.18. The van der Waals surface area contributed by atoms with E-state index in [4.69, 9.17) is 4.74 Å². The number of para-hydroxylation sites is 3. The van der Waals surface area contributed by atoms with Crippen LogP contribution in [0.25, 0.3) is 16.7 Å². The average Bonchev–Trinajstić information content (AvgIpc) is 3.19. The van der Waals surface area contributed by atoms with Crippen molar-refractivity contribution >= 4 is 28.3 Å². The van der Waals surface area contributed by atoms with Crippen molar-refractivity contribution in [3.05, 3.63) is 82.5 Å². The Hall–Kier alpha value is -4.78. The van der Waals surface area contributed by atoms with Crippen molar-refractivity contribution in [1.82, 2.24) is 14.8 Å². The van der Waals surface area contributed by atoms with Crippen LogP contribution in [0.2, 0.25) is 0 Å². The predicted octanol–water partition coefficient (Wildman–Crippen LogP) is 3.22. The number of anilines is 1. The lowest BCUT2D eigenvalue weighted by Gasteiger charge is -2.10. The molecule has 10 nitrogen and oxygen atoms in total. The number of rotatable bonds is 6. The number of nitrogens with zero attached hydrogens (tertiary/aromatic N) is 5. The van der Waals surface area contributed by atoms with Gasteiger partial charge in [-0.1, -0.05) is 30.3 Å². The summed E-state index contributed by atoms with van der Waals surface area (Å²) in [5.74, 6) is -0.110. The van der Waals surface area contributed by atoms with Gasteiger partial charge >= 0.3 is 5.69 Å². The molecule has 0 aliphatic heterocycles. The first-order chi connectivity index (χ1) is 15.1. The van der Waals surface area contributed by atoms with E-state index < -0.39 is 17.4 Å². The molecule has 152 valence electrons. The molecule has 4 aromatic rings. The Morgan fingerprint density at radius 3 is 2.74 bits per heavy atom. The third-order valence-electron chi connectivity index (χ3n) is 4.37. The minimum atomic E-state index is -0.614. The third kappa shape index (κ3) is 4.01. The molecule has 4 rings (SSSR count). The molecule has 0 spiro atoms. The number of aromatic nitrogens is 3. The Labute approximate surface area is 175 Å². The maximum absolute atomic E-state index is 12.5. The number of pyridine rings is 1. The molecule has 0 saturated heterocycles. The van der Waals surface area contributed by atoms with Crippen molar-refractivity contribution in [2.75, 3.05) is 11.9 Å². The molecule has 1 amide bonds. The topological polar surface area (TPSA) is 136 Å². The molecular formula is C21H14N6O4. The van der Waals surface area contributed by atoms with Crippen molar-refractivity contribution in [3.63, 3.8) is 0 Å². The van der Waals surface area contributed by atoms with Gasteiger partial charge in [-0.3, -0.25) is 14.9 Å². The molecule has 10 heteroatoms. The van der Waals surface area contributed by atoms with E-state index in [1.54, 1.807) is 12.1 Å². The van der Waals surface area contributed by atoms with E-state index in [1.165, 1.54) is 29.1 Å². The van der Waals surface area contributed by atoms with E-state index in [1.807, 2.05) is 36.4 Å². The van der Waals surface area contributed by atoms with Crippen LogP contribution in [0, 0.1) is 21.4 Å². The second-order valence-electron chi connectivity index (χ2n) is 6.35. The van der Waals surface area contributed by atoms with Crippen molar-refractivity contribution in [3.8, 4) is 17.6 Å². The zero-order valence-electron chi connectivity index (χ0n) is 15.9. The predicted molar refractivity (Wildman–Crippen MR) is 111 cm³/mol. The Morgan fingerprint density at radius 2 is 1.94 bits per heavy atom. The standard InChI is InChI=1S/C21H14N6O4/c22-11-15-12-23-26(19-10-9-14-5-1-2-6-16(14)24-19)21(15)25-20(28)13-31-18-8-4-3-7-17(18)27(29)30/h1-10,12H,13H2,(H,25,28). The Morgan fingerprint density at radius 1 is 1.16 bits per heavy atom. The van der Waals surface area contributed by atoms with Gasteiger partial charge in [0.25, 0.3) is 5.91 Å². The van der Waals surface area contributed by atoms with Crippen LogP contribution in [0.4, 0.5) is 11.5 Å². The van der Waals surface area contributed by atoms with Crippen LogP contribution in [0.1, 0.15) is 5.56 Å². The van der Waals surface area contributed by atoms with Crippen LogP contribution in [0.5, 0.6) is 5.75 Å². The van der Waals surface area contributed by atoms with Gasteiger partial charge in [0.05, 0.1) is 16.6 Å². The van der Waals surface area contributed by atoms with Gasteiger partial charge in [0, 0.05) is 11.5 Å². The van der Waals surface area contributed by atoms with Crippen molar-refractivity contribution < 1.29 is 14.5 Å². The molecule has 0 bridgehead atoms. The first-order valence-electron chi connectivity index (χ1n) is 9.07. The fourth-order valence-electron chi connectivity index (χ4n) is 2.94. The highest BCUT2D eigenvalue weighted by atomic mass is 16.6. The number of carbonyl (C=O) groups excluding carboxylic acids is 1. The minimum absolute atomic E-state index is 0.0344. The number of nitriles is 1. The molecule has 1 N–H and O–H groups in total. The number of hydrogen-bond acceptors (Lipinski definition) is 7. The summed E-state index contributed by atoms with van der Waals surface area (Å²) in [5, 5.41) is 28.1. The molecule has 2 aromatic heterocycles. The fourth-order valence-corrected chi connectivity index (χ4v) is 2.94. The maximum atomic E-state index is 12.5. The maximum Gasteiger partial charge on any atom is 0.310 e. The Kier molecular flexibility index (Phi) is 5.23. The summed E-state index contributed by atoms with van der Waals surface area (Å²) in [7, 11) is 0. The first-order valence-corrected chi connectivity index (χ1v) is 9.07. The summed E-state index contributed by atoms with van der Waals surface area (Å²) in [6, 6.07) is 18.8. The van der Waals surface area contributed by atoms with Gasteiger partial charge in [-0.05, 0) is 24.3 Å². The Balaban J connectivity index is 1.57. The lowest BCUT2D eigenvalue weighted by atomic mass is 10.2. The minimum Gasteiger partial charge on any atom is -0.477 e. The van der Waals surface area contributed by atoms with Crippen molar-refractivity contribution in [1.29, 1.82) is 5.26 Å². The van der Waals surface area contributed by atoms with Gasteiger partial charge in [-0.15, -0.1) is 0 Å². The molecular weight excluding hydrogens is 400 g/mol. The number of amides is 1. The number of carbonyl (C=O) groups is 1. The van der Waals surface area contributed by atoms with Gasteiger partial charge in [0.2, 0.25) is 0 Å². The molecule has 0 atom stereocenters. The van der Waals surface area contributed by atoms with Crippen LogP contribution in [0.15, 0.2) is 66.9 Å².